The number of hydrogen-bond donors (Lipinski definition) is 0. The second-order valence-electron chi connectivity index (χ2n) is 9.12. The van der Waals surface area contributed by atoms with Gasteiger partial charge in [-0.2, -0.15) is 0 Å². The largest absolute Gasteiger partial charge is 0.257 e. The van der Waals surface area contributed by atoms with Crippen LogP contribution in [0.25, 0.3) is 32.7 Å². The molecule has 0 N–H and O–H groups in total. The predicted molar refractivity (Wildman–Crippen MR) is 138 cm³/mol. The summed E-state index contributed by atoms with van der Waals surface area (Å²) in [6.07, 6.45) is 8.82. The number of hydrogen-bond acceptors (Lipinski definition) is 1. The Morgan fingerprint density at radius 1 is 0.781 bits per heavy atom. The summed E-state index contributed by atoms with van der Waals surface area (Å²) in [5.74, 6) is 0. The first-order chi connectivity index (χ1) is 15.7. The zero-order valence-corrected chi connectivity index (χ0v) is 18.8. The average Bonchev–Trinajstić information content (AvgIpc) is 2.84. The SMILES string of the molecule is CC(=NC1=C(C)C=CCC1)c1ccc(-c2ccc3c4c2ccc2cccc(c24)CC3)cc1. The monoisotopic (exact) mass is 413 g/mol. The highest BCUT2D eigenvalue weighted by Crippen LogP contribution is 2.40. The van der Waals surface area contributed by atoms with Crippen molar-refractivity contribution in [2.75, 3.05) is 0 Å². The molecule has 4 aromatic carbocycles. The van der Waals surface area contributed by atoms with Crippen LogP contribution in [0.4, 0.5) is 0 Å². The van der Waals surface area contributed by atoms with E-state index in [2.05, 4.69) is 92.7 Å². The normalized spacial score (nSPS) is 15.9. The summed E-state index contributed by atoms with van der Waals surface area (Å²) in [5, 5.41) is 5.64. The molecule has 2 aliphatic rings. The van der Waals surface area contributed by atoms with E-state index in [-0.39, 0.29) is 0 Å². The first-order valence-electron chi connectivity index (χ1n) is 11.7. The van der Waals surface area contributed by atoms with Gasteiger partial charge in [0, 0.05) is 11.4 Å². The van der Waals surface area contributed by atoms with Gasteiger partial charge in [-0.1, -0.05) is 78.9 Å². The number of allylic oxidation sites excluding steroid dienone is 4. The first-order valence-corrected chi connectivity index (χ1v) is 11.7. The second-order valence-corrected chi connectivity index (χ2v) is 9.12. The Labute approximate surface area is 189 Å². The van der Waals surface area contributed by atoms with Crippen LogP contribution in [0.2, 0.25) is 0 Å². The molecule has 0 heterocycles. The summed E-state index contributed by atoms with van der Waals surface area (Å²) in [5.41, 5.74) is 10.3. The van der Waals surface area contributed by atoms with Crippen molar-refractivity contribution in [1.82, 2.24) is 0 Å². The van der Waals surface area contributed by atoms with E-state index in [9.17, 15) is 0 Å². The van der Waals surface area contributed by atoms with Gasteiger partial charge in [0.15, 0.2) is 0 Å². The lowest BCUT2D eigenvalue weighted by molar-refractivity contribution is 0.921. The summed E-state index contributed by atoms with van der Waals surface area (Å²) in [6.45, 7) is 4.28. The van der Waals surface area contributed by atoms with E-state index >= 15 is 0 Å². The van der Waals surface area contributed by atoms with Crippen LogP contribution in [0, 0.1) is 0 Å². The summed E-state index contributed by atoms with van der Waals surface area (Å²) < 4.78 is 0. The molecule has 0 aromatic heterocycles. The molecule has 0 saturated heterocycles. The third-order valence-corrected chi connectivity index (χ3v) is 7.15. The summed E-state index contributed by atoms with van der Waals surface area (Å²) in [4.78, 5) is 4.95. The van der Waals surface area contributed by atoms with Gasteiger partial charge in [0.2, 0.25) is 0 Å². The van der Waals surface area contributed by atoms with Crippen LogP contribution >= 0.6 is 0 Å². The zero-order chi connectivity index (χ0) is 21.7. The second kappa shape index (κ2) is 7.60. The summed E-state index contributed by atoms with van der Waals surface area (Å²) in [6, 6.07) is 25.0. The van der Waals surface area contributed by atoms with Crippen LogP contribution in [0.5, 0.6) is 0 Å². The highest BCUT2D eigenvalue weighted by Gasteiger charge is 2.17. The van der Waals surface area contributed by atoms with E-state index in [1.165, 1.54) is 60.6 Å². The Bertz CT molecular complexity index is 1460. The number of aryl methyl sites for hydroxylation is 2. The van der Waals surface area contributed by atoms with Crippen molar-refractivity contribution in [2.24, 2.45) is 4.99 Å². The van der Waals surface area contributed by atoms with Crippen molar-refractivity contribution in [1.29, 1.82) is 0 Å². The molecule has 0 amide bonds. The van der Waals surface area contributed by atoms with Crippen LogP contribution in [0.1, 0.15) is 43.4 Å². The minimum atomic E-state index is 1.03. The fraction of sp³-hybridized carbons (Fsp3) is 0.194. The van der Waals surface area contributed by atoms with Crippen molar-refractivity contribution in [3.8, 4) is 11.1 Å². The van der Waals surface area contributed by atoms with E-state index in [4.69, 9.17) is 4.99 Å². The van der Waals surface area contributed by atoms with E-state index in [1.807, 2.05) is 0 Å². The van der Waals surface area contributed by atoms with Gasteiger partial charge in [0.25, 0.3) is 0 Å². The first kappa shape index (κ1) is 19.3. The van der Waals surface area contributed by atoms with E-state index in [1.54, 1.807) is 0 Å². The van der Waals surface area contributed by atoms with Crippen LogP contribution in [-0.4, -0.2) is 5.71 Å². The van der Waals surface area contributed by atoms with Crippen molar-refractivity contribution >= 4 is 27.3 Å². The Morgan fingerprint density at radius 3 is 2.41 bits per heavy atom. The third kappa shape index (κ3) is 3.12. The van der Waals surface area contributed by atoms with E-state index in [0.717, 1.165) is 31.4 Å². The van der Waals surface area contributed by atoms with Crippen LogP contribution in [-0.2, 0) is 12.8 Å². The zero-order valence-electron chi connectivity index (χ0n) is 18.8. The van der Waals surface area contributed by atoms with Crippen LogP contribution in [0.15, 0.2) is 95.1 Å². The van der Waals surface area contributed by atoms with Crippen molar-refractivity contribution in [2.45, 2.75) is 39.5 Å². The van der Waals surface area contributed by atoms with Crippen molar-refractivity contribution < 1.29 is 0 Å². The molecule has 1 heteroatoms. The van der Waals surface area contributed by atoms with Gasteiger partial charge >= 0.3 is 0 Å². The average molecular weight is 414 g/mol. The minimum Gasteiger partial charge on any atom is -0.257 e. The molecule has 4 aromatic rings. The lowest BCUT2D eigenvalue weighted by atomic mass is 9.83. The van der Waals surface area contributed by atoms with Crippen molar-refractivity contribution in [3.05, 3.63) is 107 Å². The number of nitrogens with zero attached hydrogens (tertiary/aromatic N) is 1. The molecular weight excluding hydrogens is 386 g/mol. The van der Waals surface area contributed by atoms with Crippen LogP contribution in [0.3, 0.4) is 0 Å². The van der Waals surface area contributed by atoms with E-state index in [0.29, 0.717) is 0 Å². The van der Waals surface area contributed by atoms with Gasteiger partial charge in [0.05, 0.1) is 0 Å². The molecule has 156 valence electrons. The third-order valence-electron chi connectivity index (χ3n) is 7.15. The topological polar surface area (TPSA) is 12.4 Å². The maximum absolute atomic E-state index is 4.95. The molecule has 0 saturated carbocycles. The molecule has 32 heavy (non-hydrogen) atoms. The number of rotatable bonds is 3. The molecule has 1 nitrogen and oxygen atoms in total. The highest BCUT2D eigenvalue weighted by molar-refractivity contribution is 6.15. The Balaban J connectivity index is 1.44. The fourth-order valence-electron chi connectivity index (χ4n) is 5.38. The smallest absolute Gasteiger partial charge is 0.0448 e. The highest BCUT2D eigenvalue weighted by atomic mass is 14.8. The Kier molecular flexibility index (Phi) is 4.57. The van der Waals surface area contributed by atoms with Gasteiger partial charge in [-0.25, -0.2) is 0 Å². The molecule has 6 rings (SSSR count). The molecule has 0 aliphatic heterocycles. The van der Waals surface area contributed by atoms with Crippen molar-refractivity contribution in [3.63, 3.8) is 0 Å². The van der Waals surface area contributed by atoms with E-state index < -0.39 is 0 Å². The van der Waals surface area contributed by atoms with Gasteiger partial charge in [-0.3, -0.25) is 4.99 Å². The molecule has 0 unspecified atom stereocenters. The molecule has 0 radical (unpaired) electrons. The summed E-state index contributed by atoms with van der Waals surface area (Å²) >= 11 is 0. The molecule has 0 atom stereocenters. The molecule has 0 spiro atoms. The standard InChI is InChI=1S/C31H27N/c1-20-6-3-4-9-29(20)32-21(2)22-10-12-23(13-11-22)27-18-16-26-15-14-24-7-5-8-25-17-19-28(27)31(26)30(24)25/h3,5-8,10-13,16-19H,4,9,14-15H2,1-2H3. The fourth-order valence-corrected chi connectivity index (χ4v) is 5.38. The predicted octanol–water partition coefficient (Wildman–Crippen LogP) is 8.19. The van der Waals surface area contributed by atoms with Gasteiger partial charge in [-0.15, -0.1) is 0 Å². The maximum Gasteiger partial charge on any atom is 0.0448 e. The quantitative estimate of drug-likeness (QED) is 0.237. The molecule has 0 bridgehead atoms. The number of aliphatic imine (C=N–C) groups is 1. The molecule has 0 fully saturated rings. The van der Waals surface area contributed by atoms with Gasteiger partial charge in [0.1, 0.15) is 0 Å². The Hall–Kier alpha value is -3.45. The van der Waals surface area contributed by atoms with Crippen LogP contribution < -0.4 is 0 Å². The lowest BCUT2D eigenvalue weighted by Gasteiger charge is -2.20. The van der Waals surface area contributed by atoms with Gasteiger partial charge < -0.3 is 0 Å². The minimum absolute atomic E-state index is 1.03. The molecular formula is C31H27N. The van der Waals surface area contributed by atoms with Gasteiger partial charge in [-0.05, 0) is 94.5 Å². The molecule has 2 aliphatic carbocycles. The summed E-state index contributed by atoms with van der Waals surface area (Å²) in [7, 11) is 0. The number of benzene rings is 4. The lowest BCUT2D eigenvalue weighted by Crippen LogP contribution is -2.02. The maximum atomic E-state index is 4.95. The Morgan fingerprint density at radius 2 is 1.59 bits per heavy atom.